The summed E-state index contributed by atoms with van der Waals surface area (Å²) in [4.78, 5) is 17.5. The van der Waals surface area contributed by atoms with Crippen LogP contribution in [0.5, 0.6) is 17.2 Å². The highest BCUT2D eigenvalue weighted by Crippen LogP contribution is 2.29. The second kappa shape index (κ2) is 10.5. The summed E-state index contributed by atoms with van der Waals surface area (Å²) in [6.45, 7) is 4.28. The van der Waals surface area contributed by atoms with Gasteiger partial charge in [-0.05, 0) is 50.2 Å². The molecule has 1 amide bonds. The summed E-state index contributed by atoms with van der Waals surface area (Å²) in [5.41, 5.74) is 4.07. The third-order valence-corrected chi connectivity index (χ3v) is 5.28. The van der Waals surface area contributed by atoms with Crippen molar-refractivity contribution in [2.45, 2.75) is 20.4 Å². The van der Waals surface area contributed by atoms with E-state index in [4.69, 9.17) is 14.2 Å². The molecule has 3 aromatic rings. The number of methoxy groups -OCH3 is 3. The average Bonchev–Trinajstić information content (AvgIpc) is 3.07. The molecule has 0 bridgehead atoms. The maximum Gasteiger partial charge on any atom is 0.257 e. The first-order valence-electron chi connectivity index (χ1n) is 10.3. The Hall–Kier alpha value is -4.01. The maximum absolute atomic E-state index is 12.9. The molecule has 1 aromatic heterocycles. The molecule has 0 spiro atoms. The molecule has 0 saturated heterocycles. The lowest BCUT2D eigenvalue weighted by atomic mass is 10.2. The minimum absolute atomic E-state index is 0.297. The Morgan fingerprint density at radius 1 is 1.00 bits per heavy atom. The number of guanidine groups is 1. The van der Waals surface area contributed by atoms with Crippen LogP contribution >= 0.6 is 0 Å². The first kappa shape index (κ1) is 23.6. The van der Waals surface area contributed by atoms with Gasteiger partial charge in [0, 0.05) is 35.6 Å². The van der Waals surface area contributed by atoms with E-state index in [0.717, 1.165) is 17.0 Å². The molecule has 0 fully saturated rings. The molecule has 0 aliphatic rings. The Labute approximate surface area is 193 Å². The van der Waals surface area contributed by atoms with Crippen LogP contribution in [0, 0.1) is 13.8 Å². The van der Waals surface area contributed by atoms with Gasteiger partial charge in [0.2, 0.25) is 5.96 Å². The second-order valence-electron chi connectivity index (χ2n) is 7.32. The van der Waals surface area contributed by atoms with Gasteiger partial charge < -0.3 is 19.5 Å². The lowest BCUT2D eigenvalue weighted by Crippen LogP contribution is -2.36. The Morgan fingerprint density at radius 2 is 1.70 bits per heavy atom. The Bertz CT molecular complexity index is 1150. The molecule has 0 aliphatic heterocycles. The van der Waals surface area contributed by atoms with Crippen LogP contribution in [0.3, 0.4) is 0 Å². The Morgan fingerprint density at radius 3 is 2.27 bits per heavy atom. The predicted octanol–water partition coefficient (Wildman–Crippen LogP) is 3.46. The molecule has 9 nitrogen and oxygen atoms in total. The zero-order valence-electron chi connectivity index (χ0n) is 19.7. The molecule has 2 aromatic carbocycles. The van der Waals surface area contributed by atoms with Crippen molar-refractivity contribution in [2.24, 2.45) is 12.0 Å². The van der Waals surface area contributed by atoms with E-state index in [9.17, 15) is 4.79 Å². The van der Waals surface area contributed by atoms with E-state index in [1.807, 2.05) is 31.6 Å². The zero-order chi connectivity index (χ0) is 24.0. The van der Waals surface area contributed by atoms with Crippen molar-refractivity contribution in [3.05, 3.63) is 65.0 Å². The number of anilines is 1. The smallest absolute Gasteiger partial charge is 0.257 e. The molecule has 174 valence electrons. The number of aromatic nitrogens is 2. The molecule has 0 unspecified atom stereocenters. The third kappa shape index (κ3) is 5.62. The third-order valence-electron chi connectivity index (χ3n) is 5.28. The minimum atomic E-state index is -0.302. The molecule has 0 aliphatic carbocycles. The van der Waals surface area contributed by atoms with E-state index in [0.29, 0.717) is 41.0 Å². The van der Waals surface area contributed by atoms with E-state index in [2.05, 4.69) is 20.7 Å². The van der Waals surface area contributed by atoms with Crippen molar-refractivity contribution in [1.29, 1.82) is 0 Å². The number of hydrogen-bond acceptors (Lipinski definition) is 6. The van der Waals surface area contributed by atoms with Gasteiger partial charge in [0.05, 0.1) is 33.6 Å². The second-order valence-corrected chi connectivity index (χ2v) is 7.32. The molecule has 3 rings (SSSR count). The SMILES string of the molecule is COc1ccc(C(=O)NC(=NCc2c(C)nn(C)c2C)Nc2ccc(OC)c(OC)c2)cc1. The number of aliphatic imine (C=N–C) groups is 1. The number of ether oxygens (including phenoxy) is 3. The number of aryl methyl sites for hydroxylation is 2. The van der Waals surface area contributed by atoms with Crippen molar-refractivity contribution in [3.63, 3.8) is 0 Å². The number of carbonyl (C=O) groups excluding carboxylic acids is 1. The van der Waals surface area contributed by atoms with Gasteiger partial charge in [-0.2, -0.15) is 5.10 Å². The zero-order valence-corrected chi connectivity index (χ0v) is 19.7. The van der Waals surface area contributed by atoms with Gasteiger partial charge in [-0.25, -0.2) is 4.99 Å². The van der Waals surface area contributed by atoms with E-state index < -0.39 is 0 Å². The van der Waals surface area contributed by atoms with Crippen molar-refractivity contribution < 1.29 is 19.0 Å². The largest absolute Gasteiger partial charge is 0.497 e. The highest BCUT2D eigenvalue weighted by Gasteiger charge is 2.13. The maximum atomic E-state index is 12.9. The standard InChI is InChI=1S/C24H29N5O4/c1-15-20(16(2)29(3)28-15)14-25-24(26-18-9-12-21(32-5)22(13-18)33-6)27-23(30)17-7-10-19(31-4)11-8-17/h7-13H,14H2,1-6H3,(H2,25,26,27,30). The summed E-state index contributed by atoms with van der Waals surface area (Å²) in [7, 11) is 6.61. The van der Waals surface area contributed by atoms with Crippen LogP contribution < -0.4 is 24.8 Å². The number of benzene rings is 2. The first-order valence-corrected chi connectivity index (χ1v) is 10.3. The fourth-order valence-electron chi connectivity index (χ4n) is 3.29. The van der Waals surface area contributed by atoms with Crippen molar-refractivity contribution in [1.82, 2.24) is 15.1 Å². The number of hydrogen-bond donors (Lipinski definition) is 2. The number of carbonyl (C=O) groups is 1. The van der Waals surface area contributed by atoms with Gasteiger partial charge in [0.1, 0.15) is 5.75 Å². The topological polar surface area (TPSA) is 99.0 Å². The number of nitrogens with one attached hydrogen (secondary N) is 2. The van der Waals surface area contributed by atoms with E-state index >= 15 is 0 Å². The summed E-state index contributed by atoms with van der Waals surface area (Å²) >= 11 is 0. The van der Waals surface area contributed by atoms with Gasteiger partial charge in [-0.1, -0.05) is 0 Å². The van der Waals surface area contributed by atoms with Gasteiger partial charge in [0.25, 0.3) is 5.91 Å². The quantitative estimate of drug-likeness (QED) is 0.422. The lowest BCUT2D eigenvalue weighted by molar-refractivity contribution is 0.0977. The molecular formula is C24H29N5O4. The van der Waals surface area contributed by atoms with Gasteiger partial charge in [-0.3, -0.25) is 14.8 Å². The Balaban J connectivity index is 1.88. The highest BCUT2D eigenvalue weighted by atomic mass is 16.5. The van der Waals surface area contributed by atoms with E-state index in [1.54, 1.807) is 57.7 Å². The molecule has 0 atom stereocenters. The van der Waals surface area contributed by atoms with Crippen molar-refractivity contribution in [2.75, 3.05) is 26.6 Å². The molecule has 0 saturated carbocycles. The van der Waals surface area contributed by atoms with Crippen molar-refractivity contribution >= 4 is 17.6 Å². The summed E-state index contributed by atoms with van der Waals surface area (Å²) < 4.78 is 17.7. The Kier molecular flexibility index (Phi) is 7.55. The molecule has 0 radical (unpaired) electrons. The number of amides is 1. The molecular weight excluding hydrogens is 422 g/mol. The average molecular weight is 452 g/mol. The minimum Gasteiger partial charge on any atom is -0.497 e. The van der Waals surface area contributed by atoms with Crippen LogP contribution in [0.1, 0.15) is 27.3 Å². The molecule has 33 heavy (non-hydrogen) atoms. The summed E-state index contributed by atoms with van der Waals surface area (Å²) in [5.74, 6) is 1.83. The van der Waals surface area contributed by atoms with E-state index in [-0.39, 0.29) is 5.91 Å². The first-order chi connectivity index (χ1) is 15.9. The predicted molar refractivity (Wildman–Crippen MR) is 127 cm³/mol. The summed E-state index contributed by atoms with van der Waals surface area (Å²) in [6.07, 6.45) is 0. The van der Waals surface area contributed by atoms with Crippen LogP contribution in [0.2, 0.25) is 0 Å². The molecule has 9 heteroatoms. The summed E-state index contributed by atoms with van der Waals surface area (Å²) in [5, 5.41) is 10.5. The van der Waals surface area contributed by atoms with Crippen LogP contribution in [0.4, 0.5) is 5.69 Å². The number of rotatable bonds is 7. The van der Waals surface area contributed by atoms with Crippen LogP contribution in [-0.4, -0.2) is 43.0 Å². The van der Waals surface area contributed by atoms with Crippen molar-refractivity contribution in [3.8, 4) is 17.2 Å². The monoisotopic (exact) mass is 451 g/mol. The van der Waals surface area contributed by atoms with Gasteiger partial charge in [-0.15, -0.1) is 0 Å². The fraction of sp³-hybridized carbons (Fsp3) is 0.292. The van der Waals surface area contributed by atoms with Gasteiger partial charge in [0.15, 0.2) is 11.5 Å². The van der Waals surface area contributed by atoms with Gasteiger partial charge >= 0.3 is 0 Å². The summed E-state index contributed by atoms with van der Waals surface area (Å²) in [6, 6.07) is 12.2. The fourth-order valence-corrected chi connectivity index (χ4v) is 3.29. The normalized spacial score (nSPS) is 11.2. The van der Waals surface area contributed by atoms with Crippen LogP contribution in [0.15, 0.2) is 47.5 Å². The molecule has 2 N–H and O–H groups in total. The highest BCUT2D eigenvalue weighted by molar-refractivity contribution is 6.10. The van der Waals surface area contributed by atoms with Crippen LogP contribution in [0.25, 0.3) is 0 Å². The van der Waals surface area contributed by atoms with Crippen LogP contribution in [-0.2, 0) is 13.6 Å². The molecule has 1 heterocycles. The lowest BCUT2D eigenvalue weighted by Gasteiger charge is -2.14. The number of nitrogens with zero attached hydrogens (tertiary/aromatic N) is 3. The van der Waals surface area contributed by atoms with E-state index in [1.165, 1.54) is 0 Å².